The van der Waals surface area contributed by atoms with Crippen LogP contribution in [0.25, 0.3) is 0 Å². The molecule has 0 unspecified atom stereocenters. The van der Waals surface area contributed by atoms with Gasteiger partial charge in [-0.3, -0.25) is 0 Å². The summed E-state index contributed by atoms with van der Waals surface area (Å²) in [5, 5.41) is 17.7. The lowest BCUT2D eigenvalue weighted by Gasteiger charge is -2.29. The van der Waals surface area contributed by atoms with E-state index in [1.54, 1.807) is 0 Å². The molecule has 2 rings (SSSR count). The summed E-state index contributed by atoms with van der Waals surface area (Å²) in [5.41, 5.74) is 0.414. The van der Waals surface area contributed by atoms with Crippen LogP contribution < -0.4 is 10.6 Å². The minimum Gasteiger partial charge on any atom is -0.444 e. The second kappa shape index (κ2) is 10.3. The standard InChI is InChI=1S/C21H33ClN2O3/c1-21(2,3)27-20(26)24-18(13-15-9-11-16(22)12-10-15)19(25)14-23-17-7-5-4-6-8-17/h9-12,17-19,23,25H,4-8,13-14H2,1-3H3,(H,24,26)/t18-,19+/m0/s1. The first-order valence-electron chi connectivity index (χ1n) is 9.88. The maximum atomic E-state index is 12.2. The number of aliphatic hydroxyl groups excluding tert-OH is 1. The number of aliphatic hydroxyl groups is 1. The molecule has 1 saturated carbocycles. The topological polar surface area (TPSA) is 70.6 Å². The van der Waals surface area contributed by atoms with Crippen molar-refractivity contribution in [1.82, 2.24) is 10.6 Å². The summed E-state index contributed by atoms with van der Waals surface area (Å²) in [5.74, 6) is 0. The van der Waals surface area contributed by atoms with Gasteiger partial charge in [-0.2, -0.15) is 0 Å². The lowest BCUT2D eigenvalue weighted by molar-refractivity contribution is 0.0418. The van der Waals surface area contributed by atoms with Crippen LogP contribution in [0, 0.1) is 0 Å². The van der Waals surface area contributed by atoms with E-state index in [1.165, 1.54) is 19.3 Å². The zero-order chi connectivity index (χ0) is 19.9. The van der Waals surface area contributed by atoms with Gasteiger partial charge in [0.25, 0.3) is 0 Å². The molecule has 0 spiro atoms. The molecule has 27 heavy (non-hydrogen) atoms. The van der Waals surface area contributed by atoms with E-state index in [0.29, 0.717) is 24.0 Å². The highest BCUT2D eigenvalue weighted by Crippen LogP contribution is 2.18. The van der Waals surface area contributed by atoms with Crippen molar-refractivity contribution in [2.75, 3.05) is 6.54 Å². The van der Waals surface area contributed by atoms with Crippen LogP contribution in [0.5, 0.6) is 0 Å². The molecule has 2 atom stereocenters. The first-order valence-corrected chi connectivity index (χ1v) is 10.3. The average Bonchev–Trinajstić information content (AvgIpc) is 2.60. The zero-order valence-corrected chi connectivity index (χ0v) is 17.4. The molecule has 1 fully saturated rings. The minimum atomic E-state index is -0.713. The van der Waals surface area contributed by atoms with Gasteiger partial charge >= 0.3 is 6.09 Å². The van der Waals surface area contributed by atoms with E-state index < -0.39 is 23.8 Å². The number of alkyl carbamates (subject to hydrolysis) is 1. The number of hydrogen-bond acceptors (Lipinski definition) is 4. The Labute approximate surface area is 167 Å². The van der Waals surface area contributed by atoms with Crippen molar-refractivity contribution in [2.45, 2.75) is 83.1 Å². The molecule has 1 aromatic rings. The molecule has 5 nitrogen and oxygen atoms in total. The van der Waals surface area contributed by atoms with Gasteiger partial charge in [0.1, 0.15) is 5.60 Å². The van der Waals surface area contributed by atoms with Gasteiger partial charge in [0.05, 0.1) is 12.1 Å². The van der Waals surface area contributed by atoms with Crippen LogP contribution in [0.3, 0.4) is 0 Å². The fourth-order valence-corrected chi connectivity index (χ4v) is 3.48. The molecule has 1 aromatic carbocycles. The number of benzene rings is 1. The molecule has 3 N–H and O–H groups in total. The Kier molecular flexibility index (Phi) is 8.39. The lowest BCUT2D eigenvalue weighted by Crippen LogP contribution is -2.51. The number of carbonyl (C=O) groups excluding carboxylic acids is 1. The Bertz CT molecular complexity index is 580. The van der Waals surface area contributed by atoms with Crippen molar-refractivity contribution >= 4 is 17.7 Å². The normalized spacial score (nSPS) is 18.0. The summed E-state index contributed by atoms with van der Waals surface area (Å²) in [6, 6.07) is 7.45. The number of carbonyl (C=O) groups is 1. The molecule has 0 aliphatic heterocycles. The second-order valence-corrected chi connectivity index (χ2v) is 8.83. The van der Waals surface area contributed by atoms with Gasteiger partial charge in [-0.15, -0.1) is 0 Å². The molecule has 0 saturated heterocycles. The number of ether oxygens (including phenoxy) is 1. The third-order valence-electron chi connectivity index (χ3n) is 4.76. The van der Waals surface area contributed by atoms with Crippen molar-refractivity contribution in [3.05, 3.63) is 34.9 Å². The number of nitrogens with one attached hydrogen (secondary N) is 2. The van der Waals surface area contributed by atoms with E-state index in [4.69, 9.17) is 16.3 Å². The van der Waals surface area contributed by atoms with Crippen LogP contribution in [-0.4, -0.2) is 41.5 Å². The molecule has 0 heterocycles. The van der Waals surface area contributed by atoms with Gasteiger partial charge in [-0.05, 0) is 57.7 Å². The number of amides is 1. The van der Waals surface area contributed by atoms with Crippen LogP contribution in [-0.2, 0) is 11.2 Å². The van der Waals surface area contributed by atoms with E-state index in [9.17, 15) is 9.90 Å². The van der Waals surface area contributed by atoms with Crippen LogP contribution >= 0.6 is 11.6 Å². The van der Waals surface area contributed by atoms with E-state index in [1.807, 2.05) is 45.0 Å². The Balaban J connectivity index is 1.97. The van der Waals surface area contributed by atoms with Crippen molar-refractivity contribution in [3.63, 3.8) is 0 Å². The summed E-state index contributed by atoms with van der Waals surface area (Å²) in [7, 11) is 0. The summed E-state index contributed by atoms with van der Waals surface area (Å²) in [6.07, 6.45) is 5.33. The van der Waals surface area contributed by atoms with E-state index in [0.717, 1.165) is 18.4 Å². The fourth-order valence-electron chi connectivity index (χ4n) is 3.35. The number of hydrogen-bond donors (Lipinski definition) is 3. The van der Waals surface area contributed by atoms with Gasteiger partial charge in [0.2, 0.25) is 0 Å². The SMILES string of the molecule is CC(C)(C)OC(=O)N[C@@H](Cc1ccc(Cl)cc1)[C@H](O)CNC1CCCCC1. The van der Waals surface area contributed by atoms with Crippen LogP contribution in [0.1, 0.15) is 58.4 Å². The third kappa shape index (κ3) is 8.50. The van der Waals surface area contributed by atoms with Crippen molar-refractivity contribution in [3.8, 4) is 0 Å². The van der Waals surface area contributed by atoms with Crippen LogP contribution in [0.2, 0.25) is 5.02 Å². The van der Waals surface area contributed by atoms with Gasteiger partial charge in [0, 0.05) is 17.6 Å². The van der Waals surface area contributed by atoms with Gasteiger partial charge in [0.15, 0.2) is 0 Å². The van der Waals surface area contributed by atoms with Gasteiger partial charge in [-0.25, -0.2) is 4.79 Å². The molecule has 0 radical (unpaired) electrons. The fraction of sp³-hybridized carbons (Fsp3) is 0.667. The molecule has 152 valence electrons. The average molecular weight is 397 g/mol. The van der Waals surface area contributed by atoms with E-state index in [-0.39, 0.29) is 0 Å². The van der Waals surface area contributed by atoms with E-state index >= 15 is 0 Å². The molecule has 6 heteroatoms. The summed E-state index contributed by atoms with van der Waals surface area (Å²) < 4.78 is 5.37. The molecular weight excluding hydrogens is 364 g/mol. The highest BCUT2D eigenvalue weighted by Gasteiger charge is 2.26. The molecule has 0 bridgehead atoms. The smallest absolute Gasteiger partial charge is 0.407 e. The van der Waals surface area contributed by atoms with Crippen molar-refractivity contribution in [2.24, 2.45) is 0 Å². The summed E-state index contributed by atoms with van der Waals surface area (Å²) >= 11 is 5.95. The second-order valence-electron chi connectivity index (χ2n) is 8.39. The maximum Gasteiger partial charge on any atom is 0.407 e. The zero-order valence-electron chi connectivity index (χ0n) is 16.6. The van der Waals surface area contributed by atoms with Crippen LogP contribution in [0.15, 0.2) is 24.3 Å². The number of halogens is 1. The molecule has 1 amide bonds. The Hall–Kier alpha value is -1.30. The quantitative estimate of drug-likeness (QED) is 0.650. The molecule has 1 aliphatic rings. The van der Waals surface area contributed by atoms with Crippen molar-refractivity contribution in [1.29, 1.82) is 0 Å². The van der Waals surface area contributed by atoms with Crippen molar-refractivity contribution < 1.29 is 14.6 Å². The summed E-state index contributed by atoms with van der Waals surface area (Å²) in [6.45, 7) is 5.91. The van der Waals surface area contributed by atoms with Crippen LogP contribution in [0.4, 0.5) is 4.79 Å². The maximum absolute atomic E-state index is 12.2. The highest BCUT2D eigenvalue weighted by molar-refractivity contribution is 6.30. The third-order valence-corrected chi connectivity index (χ3v) is 5.01. The molecular formula is C21H33ClN2O3. The Morgan fingerprint density at radius 2 is 1.85 bits per heavy atom. The van der Waals surface area contributed by atoms with Gasteiger partial charge < -0.3 is 20.5 Å². The molecule has 1 aliphatic carbocycles. The lowest BCUT2D eigenvalue weighted by atomic mass is 9.95. The number of rotatable bonds is 7. The predicted octanol–water partition coefficient (Wildman–Crippen LogP) is 4.06. The Morgan fingerprint density at radius 1 is 1.22 bits per heavy atom. The first kappa shape index (κ1) is 22.0. The van der Waals surface area contributed by atoms with E-state index in [2.05, 4.69) is 10.6 Å². The monoisotopic (exact) mass is 396 g/mol. The Morgan fingerprint density at radius 3 is 2.44 bits per heavy atom. The minimum absolute atomic E-state index is 0.443. The predicted molar refractivity (Wildman–Crippen MR) is 109 cm³/mol. The highest BCUT2D eigenvalue weighted by atomic mass is 35.5. The van der Waals surface area contributed by atoms with Gasteiger partial charge in [-0.1, -0.05) is 43.0 Å². The largest absolute Gasteiger partial charge is 0.444 e. The summed E-state index contributed by atoms with van der Waals surface area (Å²) in [4.78, 5) is 12.2. The first-order chi connectivity index (χ1) is 12.7. The molecule has 0 aromatic heterocycles.